The normalized spacial score (nSPS) is 33.0. The van der Waals surface area contributed by atoms with Gasteiger partial charge in [0.05, 0.1) is 5.54 Å². The van der Waals surface area contributed by atoms with Gasteiger partial charge in [0, 0.05) is 63.7 Å². The van der Waals surface area contributed by atoms with Crippen LogP contribution in [0.25, 0.3) is 0 Å². The fraction of sp³-hybridized carbons (Fsp3) is 0.733. The first-order valence-electron chi connectivity index (χ1n) is 14.1. The Bertz CT molecular complexity index is 957. The quantitative estimate of drug-likeness (QED) is 0.590. The van der Waals surface area contributed by atoms with E-state index in [-0.39, 0.29) is 23.0 Å². The lowest BCUT2D eigenvalue weighted by Gasteiger charge is -2.50. The van der Waals surface area contributed by atoms with Gasteiger partial charge in [-0.25, -0.2) is 4.79 Å². The van der Waals surface area contributed by atoms with Gasteiger partial charge in [0.15, 0.2) is 0 Å². The first-order valence-corrected chi connectivity index (χ1v) is 14.1. The van der Waals surface area contributed by atoms with Gasteiger partial charge in [-0.2, -0.15) is 0 Å². The molecule has 6 heteroatoms. The number of urea groups is 1. The largest absolute Gasteiger partial charge is 0.342 e. The summed E-state index contributed by atoms with van der Waals surface area (Å²) in [7, 11) is 1.97. The summed E-state index contributed by atoms with van der Waals surface area (Å²) in [6.45, 7) is 14.4. The average Bonchev–Trinajstić information content (AvgIpc) is 3.39. The summed E-state index contributed by atoms with van der Waals surface area (Å²) in [5.41, 5.74) is 1.35. The smallest absolute Gasteiger partial charge is 0.320 e. The Morgan fingerprint density at radius 3 is 2.28 bits per heavy atom. The number of amides is 3. The third-order valence-corrected chi connectivity index (χ3v) is 9.24. The van der Waals surface area contributed by atoms with E-state index in [0.717, 1.165) is 39.0 Å². The number of fused-ring (bicyclic) bond motifs is 2. The number of hydrogen-bond acceptors (Lipinski definition) is 3. The van der Waals surface area contributed by atoms with Crippen LogP contribution in [0.2, 0.25) is 0 Å². The number of carbonyl (C=O) groups excluding carboxylic acids is 2. The van der Waals surface area contributed by atoms with Crippen LogP contribution in [0.5, 0.6) is 0 Å². The van der Waals surface area contributed by atoms with Gasteiger partial charge in [-0.3, -0.25) is 9.69 Å². The standard InChI is InChI=1S/C30H46N4O2/c1-21(2)34-28(36)31(6)20-30(34)14-24-12-13-25(15-30)33(24)18-23-17-32(27(35)16-29(3,4)5)19-26(23)22-10-8-7-9-11-22/h7-11,21,23-26H,12-20H2,1-6H3/t23-,24?,25?,26-,30?/m1/s1. The third-order valence-electron chi connectivity index (χ3n) is 9.24. The van der Waals surface area contributed by atoms with E-state index >= 15 is 0 Å². The van der Waals surface area contributed by atoms with Gasteiger partial charge in [-0.05, 0) is 56.4 Å². The number of carbonyl (C=O) groups is 2. The Kier molecular flexibility index (Phi) is 6.63. The molecule has 2 bridgehead atoms. The second-order valence-corrected chi connectivity index (χ2v) is 13.6. The molecule has 36 heavy (non-hydrogen) atoms. The van der Waals surface area contributed by atoms with Gasteiger partial charge < -0.3 is 14.7 Å². The first kappa shape index (κ1) is 25.6. The molecule has 4 aliphatic rings. The van der Waals surface area contributed by atoms with Crippen molar-refractivity contribution in [2.24, 2.45) is 11.3 Å². The van der Waals surface area contributed by atoms with Crippen LogP contribution in [0.1, 0.15) is 78.2 Å². The second-order valence-electron chi connectivity index (χ2n) is 13.6. The lowest BCUT2D eigenvalue weighted by Crippen LogP contribution is -2.60. The highest BCUT2D eigenvalue weighted by Gasteiger charge is 2.57. The van der Waals surface area contributed by atoms with Gasteiger partial charge in [0.25, 0.3) is 0 Å². The topological polar surface area (TPSA) is 47.1 Å². The van der Waals surface area contributed by atoms with Crippen LogP contribution in [0.15, 0.2) is 30.3 Å². The molecule has 4 heterocycles. The Morgan fingerprint density at radius 2 is 1.69 bits per heavy atom. The molecule has 0 saturated carbocycles. The van der Waals surface area contributed by atoms with Gasteiger partial charge in [-0.1, -0.05) is 51.1 Å². The average molecular weight is 495 g/mol. The Labute approximate surface area is 218 Å². The molecule has 4 fully saturated rings. The maximum Gasteiger partial charge on any atom is 0.320 e. The van der Waals surface area contributed by atoms with Crippen LogP contribution in [0, 0.1) is 11.3 Å². The third kappa shape index (κ3) is 4.66. The molecule has 0 N–H and O–H groups in total. The fourth-order valence-corrected chi connectivity index (χ4v) is 7.95. The highest BCUT2D eigenvalue weighted by atomic mass is 16.2. The lowest BCUT2D eigenvalue weighted by atomic mass is 9.80. The van der Waals surface area contributed by atoms with Crippen LogP contribution in [-0.4, -0.2) is 88.4 Å². The van der Waals surface area contributed by atoms with Crippen molar-refractivity contribution in [2.45, 2.75) is 96.3 Å². The minimum atomic E-state index is -0.0223. The SMILES string of the molecule is CC(C)N1C(=O)N(C)CC12CC1CCC(C2)N1C[C@H]1CN(C(=O)CC(C)(C)C)C[C@@H]1c1ccccc1. The van der Waals surface area contributed by atoms with Crippen molar-refractivity contribution in [1.82, 2.24) is 19.6 Å². The maximum absolute atomic E-state index is 13.2. The molecule has 198 valence electrons. The minimum absolute atomic E-state index is 0.00583. The predicted octanol–water partition coefficient (Wildman–Crippen LogP) is 4.81. The van der Waals surface area contributed by atoms with E-state index in [1.54, 1.807) is 0 Å². The van der Waals surface area contributed by atoms with Crippen LogP contribution < -0.4 is 0 Å². The van der Waals surface area contributed by atoms with Gasteiger partial charge in [-0.15, -0.1) is 0 Å². The van der Waals surface area contributed by atoms with Crippen LogP contribution in [-0.2, 0) is 4.79 Å². The van der Waals surface area contributed by atoms with Crippen molar-refractivity contribution in [3.63, 3.8) is 0 Å². The number of likely N-dealkylation sites (tertiary alicyclic amines) is 1. The molecule has 6 nitrogen and oxygen atoms in total. The van der Waals surface area contributed by atoms with Crippen molar-refractivity contribution in [3.8, 4) is 0 Å². The van der Waals surface area contributed by atoms with E-state index in [0.29, 0.717) is 36.2 Å². The second kappa shape index (κ2) is 9.34. The summed E-state index contributed by atoms with van der Waals surface area (Å²) in [5.74, 6) is 1.13. The van der Waals surface area contributed by atoms with E-state index < -0.39 is 0 Å². The maximum atomic E-state index is 13.2. The van der Waals surface area contributed by atoms with Gasteiger partial charge in [0.1, 0.15) is 0 Å². The van der Waals surface area contributed by atoms with E-state index in [4.69, 9.17) is 0 Å². The molecule has 2 unspecified atom stereocenters. The van der Waals surface area contributed by atoms with Crippen LogP contribution >= 0.6 is 0 Å². The summed E-state index contributed by atoms with van der Waals surface area (Å²) in [5, 5.41) is 0. The monoisotopic (exact) mass is 494 g/mol. The first-order chi connectivity index (χ1) is 17.0. The number of hydrogen-bond donors (Lipinski definition) is 0. The molecular formula is C30H46N4O2. The summed E-state index contributed by atoms with van der Waals surface area (Å²) in [6.07, 6.45) is 5.21. The molecule has 0 radical (unpaired) electrons. The van der Waals surface area contributed by atoms with Crippen molar-refractivity contribution in [1.29, 1.82) is 0 Å². The lowest BCUT2D eigenvalue weighted by molar-refractivity contribution is -0.132. The van der Waals surface area contributed by atoms with E-state index in [2.05, 4.69) is 79.7 Å². The molecule has 3 amide bonds. The Hall–Kier alpha value is -2.08. The molecule has 4 saturated heterocycles. The van der Waals surface area contributed by atoms with Crippen molar-refractivity contribution in [2.75, 3.05) is 33.2 Å². The molecule has 1 spiro atoms. The molecular weight excluding hydrogens is 448 g/mol. The zero-order valence-electron chi connectivity index (χ0n) is 23.2. The number of rotatable bonds is 5. The summed E-state index contributed by atoms with van der Waals surface area (Å²) in [6, 6.07) is 12.3. The Morgan fingerprint density at radius 1 is 1.06 bits per heavy atom. The summed E-state index contributed by atoms with van der Waals surface area (Å²) < 4.78 is 0. The van der Waals surface area contributed by atoms with Crippen molar-refractivity contribution in [3.05, 3.63) is 35.9 Å². The zero-order valence-corrected chi connectivity index (χ0v) is 23.2. The molecule has 5 rings (SSSR count). The van der Waals surface area contributed by atoms with E-state index in [9.17, 15) is 9.59 Å². The predicted molar refractivity (Wildman–Crippen MR) is 144 cm³/mol. The number of nitrogens with zero attached hydrogens (tertiary/aromatic N) is 4. The number of likely N-dealkylation sites (N-methyl/N-ethyl adjacent to an activating group) is 1. The fourth-order valence-electron chi connectivity index (χ4n) is 7.95. The zero-order chi connectivity index (χ0) is 25.8. The van der Waals surface area contributed by atoms with Crippen molar-refractivity contribution < 1.29 is 9.59 Å². The highest BCUT2D eigenvalue weighted by molar-refractivity contribution is 5.78. The van der Waals surface area contributed by atoms with Gasteiger partial charge >= 0.3 is 6.03 Å². The number of benzene rings is 1. The van der Waals surface area contributed by atoms with Crippen molar-refractivity contribution >= 4 is 11.9 Å². The van der Waals surface area contributed by atoms with E-state index in [1.807, 2.05) is 11.9 Å². The van der Waals surface area contributed by atoms with Crippen LogP contribution in [0.3, 0.4) is 0 Å². The Balaban J connectivity index is 1.34. The molecule has 1 aromatic rings. The summed E-state index contributed by atoms with van der Waals surface area (Å²) >= 11 is 0. The molecule has 0 aliphatic carbocycles. The van der Waals surface area contributed by atoms with E-state index in [1.165, 1.54) is 18.4 Å². The van der Waals surface area contributed by atoms with Gasteiger partial charge in [0.2, 0.25) is 5.91 Å². The molecule has 4 aliphatic heterocycles. The minimum Gasteiger partial charge on any atom is -0.342 e. The molecule has 1 aromatic carbocycles. The molecule has 4 atom stereocenters. The number of piperidine rings is 1. The molecule has 0 aromatic heterocycles. The summed E-state index contributed by atoms with van der Waals surface area (Å²) in [4.78, 5) is 35.3. The highest BCUT2D eigenvalue weighted by Crippen LogP contribution is 2.48. The van der Waals surface area contributed by atoms with Crippen LogP contribution in [0.4, 0.5) is 4.79 Å².